The van der Waals surface area contributed by atoms with Gasteiger partial charge in [-0.25, -0.2) is 0 Å². The zero-order valence-electron chi connectivity index (χ0n) is 11.4. The van der Waals surface area contributed by atoms with E-state index >= 15 is 0 Å². The third-order valence-corrected chi connectivity index (χ3v) is 4.26. The number of fused-ring (bicyclic) bond motifs is 4. The summed E-state index contributed by atoms with van der Waals surface area (Å²) in [6.07, 6.45) is 0. The van der Waals surface area contributed by atoms with Crippen molar-refractivity contribution in [3.8, 4) is 0 Å². The van der Waals surface area contributed by atoms with E-state index < -0.39 is 5.97 Å². The van der Waals surface area contributed by atoms with Crippen LogP contribution in [0.3, 0.4) is 0 Å². The van der Waals surface area contributed by atoms with Crippen LogP contribution in [0.2, 0.25) is 0 Å². The van der Waals surface area contributed by atoms with Crippen LogP contribution in [0, 0.1) is 0 Å². The molecular formula is C13H9N6O2S-. The minimum absolute atomic E-state index is 0.212. The maximum Gasteiger partial charge on any atom is 0.274 e. The lowest BCUT2D eigenvalue weighted by Crippen LogP contribution is -2.24. The smallest absolute Gasteiger partial charge is 0.274 e. The molecule has 4 aromatic rings. The highest BCUT2D eigenvalue weighted by Gasteiger charge is 2.15. The Bertz CT molecular complexity index is 1040. The number of carboxylic acid groups (broad SMARTS) is 1. The number of carbonyl (C=O) groups is 1. The molecule has 0 aliphatic carbocycles. The minimum atomic E-state index is -1.17. The summed E-state index contributed by atoms with van der Waals surface area (Å²) in [5, 5.41) is 24.4. The molecule has 4 rings (SSSR count). The number of nitrogens with zero attached hydrogens (tertiary/aromatic N) is 6. The Morgan fingerprint density at radius 3 is 2.95 bits per heavy atom. The van der Waals surface area contributed by atoms with E-state index in [1.807, 2.05) is 35.9 Å². The van der Waals surface area contributed by atoms with Gasteiger partial charge in [-0.3, -0.25) is 0 Å². The number of carboxylic acids is 1. The Labute approximate surface area is 127 Å². The summed E-state index contributed by atoms with van der Waals surface area (Å²) in [5.74, 6) is -1.05. The topological polar surface area (TPSA) is 101 Å². The Hall–Kier alpha value is -2.68. The van der Waals surface area contributed by atoms with Gasteiger partial charge >= 0.3 is 0 Å². The Morgan fingerprint density at radius 2 is 2.14 bits per heavy atom. The number of benzene rings is 1. The van der Waals surface area contributed by atoms with Crippen molar-refractivity contribution in [3.05, 3.63) is 24.3 Å². The standard InChI is InChI=1S/C13H10N6O2S/c1-18-8-5-3-2-4-7(8)10-11(18)14-12-15-16-13(19(12)17-10)22-6-9(20)21/h2-5H,6H2,1H3,(H,20,21)/p-1. The van der Waals surface area contributed by atoms with Gasteiger partial charge < -0.3 is 14.5 Å². The molecule has 0 unspecified atom stereocenters. The van der Waals surface area contributed by atoms with Crippen LogP contribution in [-0.4, -0.2) is 41.1 Å². The van der Waals surface area contributed by atoms with Gasteiger partial charge in [0.15, 0.2) is 5.65 Å². The number of aliphatic carboxylic acids is 1. The maximum atomic E-state index is 10.6. The van der Waals surface area contributed by atoms with Crippen LogP contribution in [0.1, 0.15) is 0 Å². The summed E-state index contributed by atoms with van der Waals surface area (Å²) in [7, 11) is 1.91. The number of hydrogen-bond acceptors (Lipinski definition) is 7. The molecule has 9 heteroatoms. The summed E-state index contributed by atoms with van der Waals surface area (Å²) in [4.78, 5) is 15.1. The SMILES string of the molecule is Cn1c2ccccc2c2nn3c(SCC(=O)[O-])nnc3nc21. The quantitative estimate of drug-likeness (QED) is 0.491. The second-order valence-corrected chi connectivity index (χ2v) is 5.66. The lowest BCUT2D eigenvalue weighted by Gasteiger charge is -2.00. The van der Waals surface area contributed by atoms with Crippen molar-refractivity contribution in [2.45, 2.75) is 5.16 Å². The van der Waals surface area contributed by atoms with Gasteiger partial charge in [0.25, 0.3) is 5.78 Å². The van der Waals surface area contributed by atoms with Crippen LogP contribution in [-0.2, 0) is 11.8 Å². The summed E-state index contributed by atoms with van der Waals surface area (Å²) >= 11 is 1.00. The molecular weight excluding hydrogens is 304 g/mol. The van der Waals surface area contributed by atoms with Gasteiger partial charge in [-0.2, -0.15) is 14.6 Å². The van der Waals surface area contributed by atoms with E-state index in [-0.39, 0.29) is 5.75 Å². The minimum Gasteiger partial charge on any atom is -0.549 e. The number of carbonyl (C=O) groups excluding carboxylic acids is 1. The highest BCUT2D eigenvalue weighted by molar-refractivity contribution is 7.99. The Balaban J connectivity index is 1.99. The average Bonchev–Trinajstić information content (AvgIpc) is 3.04. The fraction of sp³-hybridized carbons (Fsp3) is 0.154. The molecule has 0 saturated carbocycles. The third kappa shape index (κ3) is 1.82. The molecule has 0 saturated heterocycles. The van der Waals surface area contributed by atoms with Crippen LogP contribution in [0.4, 0.5) is 0 Å². The lowest BCUT2D eigenvalue weighted by molar-refractivity contribution is -0.301. The maximum absolute atomic E-state index is 10.6. The first-order valence-electron chi connectivity index (χ1n) is 6.44. The van der Waals surface area contributed by atoms with Gasteiger partial charge in [0, 0.05) is 18.2 Å². The molecule has 0 N–H and O–H groups in total. The fourth-order valence-electron chi connectivity index (χ4n) is 2.41. The molecule has 3 heterocycles. The van der Waals surface area contributed by atoms with Gasteiger partial charge in [0.1, 0.15) is 5.52 Å². The van der Waals surface area contributed by atoms with E-state index in [2.05, 4.69) is 20.3 Å². The molecule has 0 aliphatic heterocycles. The van der Waals surface area contributed by atoms with Gasteiger partial charge in [-0.15, -0.1) is 10.2 Å². The summed E-state index contributed by atoms with van der Waals surface area (Å²) < 4.78 is 3.41. The molecule has 0 spiro atoms. The lowest BCUT2D eigenvalue weighted by atomic mass is 10.2. The number of aromatic nitrogens is 6. The van der Waals surface area contributed by atoms with Crippen LogP contribution >= 0.6 is 11.8 Å². The molecule has 8 nitrogen and oxygen atoms in total. The number of thioether (sulfide) groups is 1. The van der Waals surface area contributed by atoms with Crippen LogP contribution in [0.15, 0.2) is 29.4 Å². The first-order valence-corrected chi connectivity index (χ1v) is 7.43. The molecule has 3 aromatic heterocycles. The van der Waals surface area contributed by atoms with E-state index in [0.29, 0.717) is 16.6 Å². The first-order chi connectivity index (χ1) is 10.6. The second-order valence-electron chi connectivity index (χ2n) is 4.72. The molecule has 22 heavy (non-hydrogen) atoms. The van der Waals surface area contributed by atoms with Crippen molar-refractivity contribution >= 4 is 45.6 Å². The molecule has 0 bridgehead atoms. The van der Waals surface area contributed by atoms with Gasteiger partial charge in [-0.1, -0.05) is 30.0 Å². The van der Waals surface area contributed by atoms with E-state index in [1.165, 1.54) is 4.52 Å². The summed E-state index contributed by atoms with van der Waals surface area (Å²) in [5.41, 5.74) is 2.45. The molecule has 0 fully saturated rings. The number of para-hydroxylation sites is 1. The summed E-state index contributed by atoms with van der Waals surface area (Å²) in [6, 6.07) is 7.85. The zero-order valence-corrected chi connectivity index (χ0v) is 12.2. The molecule has 0 amide bonds. The van der Waals surface area contributed by atoms with E-state index in [4.69, 9.17) is 0 Å². The zero-order chi connectivity index (χ0) is 15.3. The van der Waals surface area contributed by atoms with E-state index in [9.17, 15) is 9.90 Å². The van der Waals surface area contributed by atoms with Crippen molar-refractivity contribution in [1.82, 2.24) is 29.4 Å². The fourth-order valence-corrected chi connectivity index (χ4v) is 3.00. The number of aryl methyl sites for hydroxylation is 1. The van der Waals surface area contributed by atoms with Crippen LogP contribution < -0.4 is 5.11 Å². The predicted molar refractivity (Wildman–Crippen MR) is 78.3 cm³/mol. The first kappa shape index (κ1) is 13.0. The normalized spacial score (nSPS) is 11.7. The van der Waals surface area contributed by atoms with Crippen LogP contribution in [0.5, 0.6) is 0 Å². The van der Waals surface area contributed by atoms with Crippen LogP contribution in [0.25, 0.3) is 27.8 Å². The van der Waals surface area contributed by atoms with Crippen molar-refractivity contribution in [3.63, 3.8) is 0 Å². The molecule has 0 radical (unpaired) electrons. The second kappa shape index (κ2) is 4.67. The van der Waals surface area contributed by atoms with Crippen molar-refractivity contribution in [1.29, 1.82) is 0 Å². The predicted octanol–water partition coefficient (Wildman–Crippen LogP) is 0.00620. The number of rotatable bonds is 3. The third-order valence-electron chi connectivity index (χ3n) is 3.37. The molecule has 0 aliphatic rings. The molecule has 0 atom stereocenters. The van der Waals surface area contributed by atoms with Crippen molar-refractivity contribution < 1.29 is 9.90 Å². The van der Waals surface area contributed by atoms with Gasteiger partial charge in [0.05, 0.1) is 11.5 Å². The average molecular weight is 313 g/mol. The highest BCUT2D eigenvalue weighted by atomic mass is 32.2. The number of hydrogen-bond donors (Lipinski definition) is 0. The van der Waals surface area contributed by atoms with E-state index in [1.54, 1.807) is 0 Å². The largest absolute Gasteiger partial charge is 0.549 e. The van der Waals surface area contributed by atoms with Crippen molar-refractivity contribution in [2.24, 2.45) is 7.05 Å². The van der Waals surface area contributed by atoms with Gasteiger partial charge in [0.2, 0.25) is 5.16 Å². The highest BCUT2D eigenvalue weighted by Crippen LogP contribution is 2.25. The van der Waals surface area contributed by atoms with Gasteiger partial charge in [-0.05, 0) is 6.07 Å². The molecule has 110 valence electrons. The summed E-state index contributed by atoms with van der Waals surface area (Å²) in [6.45, 7) is 0. The van der Waals surface area contributed by atoms with Crippen molar-refractivity contribution in [2.75, 3.05) is 5.75 Å². The Kier molecular flexibility index (Phi) is 2.76. The molecule has 1 aromatic carbocycles. The monoisotopic (exact) mass is 313 g/mol. The van der Waals surface area contributed by atoms with E-state index in [0.717, 1.165) is 28.2 Å². The Morgan fingerprint density at radius 1 is 1.32 bits per heavy atom.